The van der Waals surface area contributed by atoms with Crippen LogP contribution in [0.1, 0.15) is 31.9 Å². The van der Waals surface area contributed by atoms with E-state index in [-0.39, 0.29) is 10.7 Å². The van der Waals surface area contributed by atoms with Gasteiger partial charge >= 0.3 is 0 Å². The lowest BCUT2D eigenvalue weighted by Crippen LogP contribution is -2.25. The molecule has 1 atom stereocenters. The SMILES string of the molecule is CC(C)(C)c1ccc(CC(=O)C2CSCCS2)cc1. The van der Waals surface area contributed by atoms with Crippen molar-refractivity contribution in [2.24, 2.45) is 0 Å². The van der Waals surface area contributed by atoms with Crippen molar-refractivity contribution in [2.75, 3.05) is 17.3 Å². The third kappa shape index (κ3) is 4.28. The molecule has 1 heterocycles. The van der Waals surface area contributed by atoms with Crippen LogP contribution < -0.4 is 0 Å². The number of hydrogen-bond acceptors (Lipinski definition) is 3. The van der Waals surface area contributed by atoms with E-state index in [2.05, 4.69) is 45.0 Å². The predicted molar refractivity (Wildman–Crippen MR) is 87.4 cm³/mol. The minimum Gasteiger partial charge on any atom is -0.298 e. The molecule has 0 radical (unpaired) electrons. The van der Waals surface area contributed by atoms with Crippen molar-refractivity contribution >= 4 is 29.3 Å². The smallest absolute Gasteiger partial charge is 0.151 e. The molecular weight excluding hydrogens is 272 g/mol. The van der Waals surface area contributed by atoms with Gasteiger partial charge in [0, 0.05) is 23.7 Å². The van der Waals surface area contributed by atoms with E-state index in [4.69, 9.17) is 0 Å². The third-order valence-electron chi connectivity index (χ3n) is 3.37. The van der Waals surface area contributed by atoms with E-state index in [9.17, 15) is 4.79 Å². The van der Waals surface area contributed by atoms with Crippen LogP contribution in [0.5, 0.6) is 0 Å². The maximum absolute atomic E-state index is 12.2. The van der Waals surface area contributed by atoms with Crippen molar-refractivity contribution in [1.82, 2.24) is 0 Å². The molecule has 1 fully saturated rings. The first-order chi connectivity index (χ1) is 8.97. The fourth-order valence-corrected chi connectivity index (χ4v) is 4.76. The maximum atomic E-state index is 12.2. The van der Waals surface area contributed by atoms with Crippen LogP contribution >= 0.6 is 23.5 Å². The van der Waals surface area contributed by atoms with Gasteiger partial charge in [-0.2, -0.15) is 11.8 Å². The van der Waals surface area contributed by atoms with Gasteiger partial charge in [-0.05, 0) is 16.5 Å². The van der Waals surface area contributed by atoms with Crippen molar-refractivity contribution in [1.29, 1.82) is 0 Å². The van der Waals surface area contributed by atoms with Crippen LogP contribution in [0.25, 0.3) is 0 Å². The lowest BCUT2D eigenvalue weighted by atomic mass is 9.86. The molecule has 1 saturated heterocycles. The Morgan fingerprint density at radius 2 is 1.89 bits per heavy atom. The van der Waals surface area contributed by atoms with Gasteiger partial charge in [-0.1, -0.05) is 45.0 Å². The fraction of sp³-hybridized carbons (Fsp3) is 0.562. The Kier molecular flexibility index (Phi) is 5.02. The summed E-state index contributed by atoms with van der Waals surface area (Å²) in [5, 5.41) is 0.209. The van der Waals surface area contributed by atoms with Gasteiger partial charge in [0.2, 0.25) is 0 Å². The van der Waals surface area contributed by atoms with Gasteiger partial charge in [0.25, 0.3) is 0 Å². The standard InChI is InChI=1S/C16H22OS2/c1-16(2,3)13-6-4-12(5-7-13)10-14(17)15-11-18-8-9-19-15/h4-7,15H,8-11H2,1-3H3. The van der Waals surface area contributed by atoms with Crippen LogP contribution in [0, 0.1) is 0 Å². The zero-order valence-electron chi connectivity index (χ0n) is 11.9. The van der Waals surface area contributed by atoms with Crippen LogP contribution in [0.2, 0.25) is 0 Å². The summed E-state index contributed by atoms with van der Waals surface area (Å²) < 4.78 is 0. The Labute approximate surface area is 124 Å². The molecule has 0 spiro atoms. The second-order valence-corrected chi connectivity index (χ2v) is 8.48. The summed E-state index contributed by atoms with van der Waals surface area (Å²) in [6, 6.07) is 8.54. The molecular formula is C16H22OS2. The number of rotatable bonds is 3. The van der Waals surface area contributed by atoms with Crippen LogP contribution in [0.4, 0.5) is 0 Å². The molecule has 1 unspecified atom stereocenters. The molecule has 104 valence electrons. The van der Waals surface area contributed by atoms with Gasteiger partial charge in [-0.25, -0.2) is 0 Å². The monoisotopic (exact) mass is 294 g/mol. The van der Waals surface area contributed by atoms with E-state index in [0.717, 1.165) is 17.1 Å². The first kappa shape index (κ1) is 15.0. The molecule has 19 heavy (non-hydrogen) atoms. The van der Waals surface area contributed by atoms with E-state index < -0.39 is 0 Å². The first-order valence-corrected chi connectivity index (χ1v) is 8.98. The average Bonchev–Trinajstić information content (AvgIpc) is 2.39. The van der Waals surface area contributed by atoms with Gasteiger partial charge in [0.15, 0.2) is 5.78 Å². The number of ketones is 1. The summed E-state index contributed by atoms with van der Waals surface area (Å²) >= 11 is 3.73. The minimum absolute atomic E-state index is 0.179. The summed E-state index contributed by atoms with van der Waals surface area (Å²) in [6.45, 7) is 6.63. The number of carbonyl (C=O) groups is 1. The van der Waals surface area contributed by atoms with E-state index in [1.54, 1.807) is 0 Å². The molecule has 3 heteroatoms. The number of Topliss-reactive ketones (excluding diaryl/α,β-unsaturated/α-hetero) is 1. The Morgan fingerprint density at radius 3 is 2.42 bits per heavy atom. The van der Waals surface area contributed by atoms with E-state index in [0.29, 0.717) is 12.2 Å². The molecule has 1 aliphatic rings. The lowest BCUT2D eigenvalue weighted by molar-refractivity contribution is -0.117. The zero-order chi connectivity index (χ0) is 13.9. The molecule has 0 N–H and O–H groups in total. The van der Waals surface area contributed by atoms with Crippen molar-refractivity contribution in [3.8, 4) is 0 Å². The van der Waals surface area contributed by atoms with Gasteiger partial charge in [0.1, 0.15) is 0 Å². The van der Waals surface area contributed by atoms with E-state index in [1.165, 1.54) is 11.3 Å². The lowest BCUT2D eigenvalue weighted by Gasteiger charge is -2.21. The molecule has 0 aromatic heterocycles. The highest BCUT2D eigenvalue weighted by molar-refractivity contribution is 8.07. The molecule has 1 aromatic rings. The summed E-state index contributed by atoms with van der Waals surface area (Å²) in [5.41, 5.74) is 2.65. The van der Waals surface area contributed by atoms with Crippen LogP contribution in [-0.4, -0.2) is 28.3 Å². The highest BCUT2D eigenvalue weighted by Gasteiger charge is 2.22. The molecule has 1 aliphatic heterocycles. The average molecular weight is 294 g/mol. The van der Waals surface area contributed by atoms with E-state index in [1.807, 2.05) is 23.5 Å². The summed E-state index contributed by atoms with van der Waals surface area (Å²) in [6.07, 6.45) is 0.586. The predicted octanol–water partition coefficient (Wildman–Crippen LogP) is 3.94. The van der Waals surface area contributed by atoms with Gasteiger partial charge in [0.05, 0.1) is 5.25 Å². The molecule has 0 amide bonds. The molecule has 0 bridgehead atoms. The molecule has 1 nitrogen and oxygen atoms in total. The van der Waals surface area contributed by atoms with E-state index >= 15 is 0 Å². The molecule has 0 saturated carbocycles. The van der Waals surface area contributed by atoms with Gasteiger partial charge < -0.3 is 0 Å². The molecule has 2 rings (SSSR count). The topological polar surface area (TPSA) is 17.1 Å². The fourth-order valence-electron chi connectivity index (χ4n) is 2.11. The maximum Gasteiger partial charge on any atom is 0.151 e. The normalized spacial score (nSPS) is 20.3. The van der Waals surface area contributed by atoms with Crippen LogP contribution in [-0.2, 0) is 16.6 Å². The largest absolute Gasteiger partial charge is 0.298 e. The number of carbonyl (C=O) groups excluding carboxylic acids is 1. The second-order valence-electron chi connectivity index (χ2n) is 6.02. The number of thioether (sulfide) groups is 2. The second kappa shape index (κ2) is 6.36. The van der Waals surface area contributed by atoms with Crippen LogP contribution in [0.3, 0.4) is 0 Å². The Balaban J connectivity index is 1.97. The number of hydrogen-bond donors (Lipinski definition) is 0. The van der Waals surface area contributed by atoms with Crippen molar-refractivity contribution in [3.05, 3.63) is 35.4 Å². The van der Waals surface area contributed by atoms with Crippen LogP contribution in [0.15, 0.2) is 24.3 Å². The van der Waals surface area contributed by atoms with Crippen molar-refractivity contribution in [3.63, 3.8) is 0 Å². The minimum atomic E-state index is 0.179. The Morgan fingerprint density at radius 1 is 1.21 bits per heavy atom. The third-order valence-corrected chi connectivity index (χ3v) is 6.18. The quantitative estimate of drug-likeness (QED) is 0.840. The highest BCUT2D eigenvalue weighted by atomic mass is 32.2. The summed E-state index contributed by atoms with van der Waals surface area (Å²) in [4.78, 5) is 12.2. The molecule has 1 aromatic carbocycles. The van der Waals surface area contributed by atoms with Gasteiger partial charge in [-0.15, -0.1) is 11.8 Å². The van der Waals surface area contributed by atoms with Crippen molar-refractivity contribution in [2.45, 2.75) is 37.9 Å². The highest BCUT2D eigenvalue weighted by Crippen LogP contribution is 2.26. The summed E-state index contributed by atoms with van der Waals surface area (Å²) in [5.74, 6) is 3.68. The molecule has 0 aliphatic carbocycles. The first-order valence-electron chi connectivity index (χ1n) is 6.78. The zero-order valence-corrected chi connectivity index (χ0v) is 13.6. The number of benzene rings is 1. The van der Waals surface area contributed by atoms with Crippen molar-refractivity contribution < 1.29 is 4.79 Å². The Bertz CT molecular complexity index is 425. The Hall–Kier alpha value is -0.410. The van der Waals surface area contributed by atoms with Gasteiger partial charge in [-0.3, -0.25) is 4.79 Å². The summed E-state index contributed by atoms with van der Waals surface area (Å²) in [7, 11) is 0.